The number of hydrogen-bond donors (Lipinski definition) is 1. The highest BCUT2D eigenvalue weighted by molar-refractivity contribution is 7.08. The molecule has 4 heteroatoms. The second-order valence-electron chi connectivity index (χ2n) is 6.38. The second-order valence-corrected chi connectivity index (χ2v) is 7.16. The van der Waals surface area contributed by atoms with Crippen molar-refractivity contribution in [2.45, 2.75) is 32.1 Å². The van der Waals surface area contributed by atoms with Gasteiger partial charge in [0, 0.05) is 52.6 Å². The first kappa shape index (κ1) is 14.9. The van der Waals surface area contributed by atoms with Gasteiger partial charge in [-0.1, -0.05) is 6.42 Å². The topological polar surface area (TPSA) is 37.9 Å². The lowest BCUT2D eigenvalue weighted by atomic mass is 9.92. The summed E-state index contributed by atoms with van der Waals surface area (Å²) in [6, 6.07) is 6.50. The van der Waals surface area contributed by atoms with Crippen molar-refractivity contribution < 1.29 is 4.74 Å². The van der Waals surface area contributed by atoms with Gasteiger partial charge < -0.3 is 9.72 Å². The Morgan fingerprint density at radius 1 is 1.22 bits per heavy atom. The minimum atomic E-state index is 0.688. The Kier molecular flexibility index (Phi) is 4.44. The number of fused-ring (bicyclic) bond motifs is 1. The number of rotatable bonds is 3. The fourth-order valence-corrected chi connectivity index (χ4v) is 4.11. The van der Waals surface area contributed by atoms with Crippen LogP contribution in [-0.4, -0.2) is 23.2 Å². The first-order valence-corrected chi connectivity index (χ1v) is 9.41. The SMILES string of the molecule is c1cc2[nH]c(-c3ccsc3)cc2c(CC2CCCCOCC2)n1. The van der Waals surface area contributed by atoms with Crippen molar-refractivity contribution in [3.05, 3.63) is 40.8 Å². The van der Waals surface area contributed by atoms with Crippen LogP contribution in [0.15, 0.2) is 35.2 Å². The molecule has 1 saturated heterocycles. The smallest absolute Gasteiger partial charge is 0.0500 e. The number of aromatic amines is 1. The molecule has 3 aromatic heterocycles. The van der Waals surface area contributed by atoms with E-state index in [9.17, 15) is 0 Å². The Balaban J connectivity index is 1.61. The van der Waals surface area contributed by atoms with Gasteiger partial charge in [-0.3, -0.25) is 4.98 Å². The van der Waals surface area contributed by atoms with E-state index in [4.69, 9.17) is 9.72 Å². The molecule has 120 valence electrons. The summed E-state index contributed by atoms with van der Waals surface area (Å²) in [4.78, 5) is 8.23. The van der Waals surface area contributed by atoms with Crippen molar-refractivity contribution in [2.75, 3.05) is 13.2 Å². The van der Waals surface area contributed by atoms with Crippen LogP contribution >= 0.6 is 11.3 Å². The summed E-state index contributed by atoms with van der Waals surface area (Å²) in [7, 11) is 0. The average molecular weight is 326 g/mol. The first-order chi connectivity index (χ1) is 11.4. The quantitative estimate of drug-likeness (QED) is 0.732. The molecule has 3 aromatic rings. The van der Waals surface area contributed by atoms with E-state index in [2.05, 4.69) is 33.9 Å². The summed E-state index contributed by atoms with van der Waals surface area (Å²) in [5.41, 5.74) is 4.87. The highest BCUT2D eigenvalue weighted by atomic mass is 32.1. The normalized spacial score (nSPS) is 19.6. The minimum Gasteiger partial charge on any atom is -0.381 e. The predicted molar refractivity (Wildman–Crippen MR) is 95.9 cm³/mol. The van der Waals surface area contributed by atoms with Crippen molar-refractivity contribution in [1.82, 2.24) is 9.97 Å². The molecule has 0 spiro atoms. The number of thiophene rings is 1. The third-order valence-electron chi connectivity index (χ3n) is 4.77. The van der Waals surface area contributed by atoms with Crippen LogP contribution in [0.4, 0.5) is 0 Å². The number of ether oxygens (including phenoxy) is 1. The summed E-state index contributed by atoms with van der Waals surface area (Å²) < 4.78 is 5.66. The Bertz CT molecular complexity index is 755. The zero-order chi connectivity index (χ0) is 15.5. The van der Waals surface area contributed by atoms with E-state index in [1.165, 1.54) is 47.1 Å². The molecule has 4 rings (SSSR count). The summed E-state index contributed by atoms with van der Waals surface area (Å²) in [5, 5.41) is 5.58. The molecule has 23 heavy (non-hydrogen) atoms. The molecule has 4 heterocycles. The Labute approximate surface area is 140 Å². The van der Waals surface area contributed by atoms with Crippen LogP contribution < -0.4 is 0 Å². The van der Waals surface area contributed by atoms with Crippen molar-refractivity contribution in [1.29, 1.82) is 0 Å². The number of pyridine rings is 1. The summed E-state index contributed by atoms with van der Waals surface area (Å²) in [6.07, 6.45) is 7.91. The van der Waals surface area contributed by atoms with E-state index < -0.39 is 0 Å². The molecular formula is C19H22N2OS. The third kappa shape index (κ3) is 3.33. The van der Waals surface area contributed by atoms with Gasteiger partial charge in [-0.25, -0.2) is 0 Å². The number of H-pyrrole nitrogens is 1. The van der Waals surface area contributed by atoms with Crippen LogP contribution in [0.1, 0.15) is 31.4 Å². The molecule has 0 aliphatic carbocycles. The van der Waals surface area contributed by atoms with Gasteiger partial charge in [0.05, 0.1) is 0 Å². The molecule has 3 nitrogen and oxygen atoms in total. The lowest BCUT2D eigenvalue weighted by Crippen LogP contribution is -2.13. The number of nitrogens with one attached hydrogen (secondary N) is 1. The highest BCUT2D eigenvalue weighted by Gasteiger charge is 2.16. The van der Waals surface area contributed by atoms with Crippen molar-refractivity contribution in [3.63, 3.8) is 0 Å². The van der Waals surface area contributed by atoms with Crippen molar-refractivity contribution in [3.8, 4) is 11.3 Å². The molecule has 0 bridgehead atoms. The Morgan fingerprint density at radius 2 is 2.22 bits per heavy atom. The third-order valence-corrected chi connectivity index (χ3v) is 5.45. The van der Waals surface area contributed by atoms with E-state index >= 15 is 0 Å². The van der Waals surface area contributed by atoms with E-state index in [1.54, 1.807) is 11.3 Å². The fraction of sp³-hybridized carbons (Fsp3) is 0.421. The molecule has 0 radical (unpaired) electrons. The molecule has 1 fully saturated rings. The van der Waals surface area contributed by atoms with Gasteiger partial charge >= 0.3 is 0 Å². The van der Waals surface area contributed by atoms with Gasteiger partial charge in [-0.2, -0.15) is 11.3 Å². The molecule has 1 atom stereocenters. The van der Waals surface area contributed by atoms with Crippen LogP contribution in [-0.2, 0) is 11.2 Å². The van der Waals surface area contributed by atoms with Crippen LogP contribution in [0, 0.1) is 5.92 Å². The minimum absolute atomic E-state index is 0.688. The fourth-order valence-electron chi connectivity index (χ4n) is 3.46. The van der Waals surface area contributed by atoms with E-state index in [0.29, 0.717) is 5.92 Å². The van der Waals surface area contributed by atoms with Gasteiger partial charge in [0.2, 0.25) is 0 Å². The predicted octanol–water partition coefficient (Wildman–Crippen LogP) is 5.04. The molecular weight excluding hydrogens is 304 g/mol. The van der Waals surface area contributed by atoms with E-state index in [-0.39, 0.29) is 0 Å². The average Bonchev–Trinajstić information content (AvgIpc) is 3.18. The van der Waals surface area contributed by atoms with Crippen molar-refractivity contribution in [2.24, 2.45) is 5.92 Å². The Morgan fingerprint density at radius 3 is 3.13 bits per heavy atom. The van der Waals surface area contributed by atoms with Gasteiger partial charge in [0.1, 0.15) is 0 Å². The molecule has 0 amide bonds. The molecule has 1 N–H and O–H groups in total. The second kappa shape index (κ2) is 6.85. The lowest BCUT2D eigenvalue weighted by Gasteiger charge is -2.19. The van der Waals surface area contributed by atoms with Gasteiger partial charge in [0.15, 0.2) is 0 Å². The molecule has 1 unspecified atom stereocenters. The largest absolute Gasteiger partial charge is 0.381 e. The molecule has 0 aromatic carbocycles. The Hall–Kier alpha value is -1.65. The van der Waals surface area contributed by atoms with Gasteiger partial charge in [-0.05, 0) is 55.2 Å². The van der Waals surface area contributed by atoms with Crippen LogP contribution in [0.25, 0.3) is 22.2 Å². The number of hydrogen-bond acceptors (Lipinski definition) is 3. The summed E-state index contributed by atoms with van der Waals surface area (Å²) in [5.74, 6) is 0.688. The first-order valence-electron chi connectivity index (χ1n) is 8.47. The maximum Gasteiger partial charge on any atom is 0.0500 e. The van der Waals surface area contributed by atoms with Crippen molar-refractivity contribution >= 4 is 22.2 Å². The number of aromatic nitrogens is 2. The molecule has 0 saturated carbocycles. The van der Waals surface area contributed by atoms with Crippen LogP contribution in [0.5, 0.6) is 0 Å². The van der Waals surface area contributed by atoms with Gasteiger partial charge in [0.25, 0.3) is 0 Å². The zero-order valence-electron chi connectivity index (χ0n) is 13.3. The maximum atomic E-state index is 5.66. The molecule has 1 aliphatic rings. The maximum absolute atomic E-state index is 5.66. The van der Waals surface area contributed by atoms with E-state index in [0.717, 1.165) is 26.1 Å². The van der Waals surface area contributed by atoms with Gasteiger partial charge in [-0.15, -0.1) is 0 Å². The zero-order valence-corrected chi connectivity index (χ0v) is 14.1. The monoisotopic (exact) mass is 326 g/mol. The standard InChI is InChI=1S/C19H22N2OS/c1-2-8-22-9-5-14(3-1)11-19-16-12-18(15-6-10-23-13-15)21-17(16)4-7-20-19/h4,6-7,10,12-14,21H,1-3,5,8-9,11H2. The summed E-state index contributed by atoms with van der Waals surface area (Å²) >= 11 is 1.73. The van der Waals surface area contributed by atoms with Crippen LogP contribution in [0.2, 0.25) is 0 Å². The van der Waals surface area contributed by atoms with E-state index in [1.807, 2.05) is 6.20 Å². The van der Waals surface area contributed by atoms with Crippen LogP contribution in [0.3, 0.4) is 0 Å². The summed E-state index contributed by atoms with van der Waals surface area (Å²) in [6.45, 7) is 1.83. The lowest BCUT2D eigenvalue weighted by molar-refractivity contribution is 0.100. The molecule has 1 aliphatic heterocycles. The number of nitrogens with zero attached hydrogens (tertiary/aromatic N) is 1. The highest BCUT2D eigenvalue weighted by Crippen LogP contribution is 2.29.